The van der Waals surface area contributed by atoms with Crippen molar-refractivity contribution in [3.05, 3.63) is 29.3 Å². The summed E-state index contributed by atoms with van der Waals surface area (Å²) in [5, 5.41) is 2.73. The van der Waals surface area contributed by atoms with Gasteiger partial charge in [0.05, 0.1) is 5.56 Å². The van der Waals surface area contributed by atoms with Gasteiger partial charge >= 0.3 is 0 Å². The van der Waals surface area contributed by atoms with Gasteiger partial charge in [-0.05, 0) is 50.8 Å². The second kappa shape index (κ2) is 6.93. The largest absolute Gasteiger partial charge is 0.350 e. The molecule has 1 aliphatic carbocycles. The molecule has 0 spiro atoms. The summed E-state index contributed by atoms with van der Waals surface area (Å²) in [6, 6.07) is 3.57. The summed E-state index contributed by atoms with van der Waals surface area (Å²) in [4.78, 5) is 24.4. The van der Waals surface area contributed by atoms with Crippen LogP contribution in [-0.4, -0.2) is 43.2 Å². The number of sulfonamides is 1. The van der Waals surface area contributed by atoms with Gasteiger partial charge in [-0.2, -0.15) is 0 Å². The fourth-order valence-electron chi connectivity index (χ4n) is 2.90. The predicted octanol–water partition coefficient (Wildman–Crippen LogP) is 1.13. The zero-order valence-corrected chi connectivity index (χ0v) is 15.7. The van der Waals surface area contributed by atoms with Crippen LogP contribution >= 0.6 is 12.4 Å². The predicted molar refractivity (Wildman–Crippen MR) is 95.2 cm³/mol. The Morgan fingerprint density at radius 1 is 1.36 bits per heavy atom. The first-order valence-corrected chi connectivity index (χ1v) is 9.44. The van der Waals surface area contributed by atoms with Crippen molar-refractivity contribution in [3.63, 3.8) is 0 Å². The van der Waals surface area contributed by atoms with Crippen molar-refractivity contribution in [3.8, 4) is 0 Å². The minimum absolute atomic E-state index is 0. The van der Waals surface area contributed by atoms with Gasteiger partial charge in [-0.1, -0.05) is 0 Å². The topological polar surface area (TPSA) is 110 Å². The van der Waals surface area contributed by atoms with Gasteiger partial charge < -0.3 is 11.1 Å². The minimum atomic E-state index is -3.91. The number of hydrogen-bond donors (Lipinski definition) is 2. The molecule has 0 radical (unpaired) electrons. The van der Waals surface area contributed by atoms with Crippen LogP contribution in [-0.2, 0) is 10.0 Å². The van der Waals surface area contributed by atoms with Crippen LogP contribution in [0.25, 0.3) is 0 Å². The SMILES string of the molecule is CC(C)N1C(=O)c2ccc(C(=O)NCC(N)C3CC3)cc2S1(=O)=O.Cl. The third-order valence-corrected chi connectivity index (χ3v) is 6.41. The lowest BCUT2D eigenvalue weighted by Gasteiger charge is -2.18. The fraction of sp³-hybridized carbons (Fsp3) is 0.500. The molecule has 1 saturated carbocycles. The zero-order chi connectivity index (χ0) is 17.6. The summed E-state index contributed by atoms with van der Waals surface area (Å²) >= 11 is 0. The average Bonchev–Trinajstić information content (AvgIpc) is 3.33. The average molecular weight is 388 g/mol. The number of carbonyl (C=O) groups is 2. The summed E-state index contributed by atoms with van der Waals surface area (Å²) in [6.07, 6.45) is 2.17. The maximum absolute atomic E-state index is 12.5. The van der Waals surface area contributed by atoms with Crippen molar-refractivity contribution >= 4 is 34.2 Å². The Balaban J connectivity index is 0.00000225. The summed E-state index contributed by atoms with van der Waals surface area (Å²) in [6.45, 7) is 3.62. The highest BCUT2D eigenvalue weighted by Crippen LogP contribution is 2.33. The van der Waals surface area contributed by atoms with Crippen LogP contribution in [0.3, 0.4) is 0 Å². The highest BCUT2D eigenvalue weighted by molar-refractivity contribution is 7.90. The molecule has 0 aromatic heterocycles. The molecule has 1 aromatic rings. The number of carbonyl (C=O) groups excluding carboxylic acids is 2. The number of hydrogen-bond acceptors (Lipinski definition) is 5. The lowest BCUT2D eigenvalue weighted by atomic mass is 10.1. The molecule has 2 aliphatic rings. The molecule has 1 aliphatic heterocycles. The summed E-state index contributed by atoms with van der Waals surface area (Å²) < 4.78 is 25.9. The maximum Gasteiger partial charge on any atom is 0.269 e. The van der Waals surface area contributed by atoms with E-state index in [-0.39, 0.29) is 40.4 Å². The summed E-state index contributed by atoms with van der Waals surface area (Å²) in [7, 11) is -3.91. The first-order valence-electron chi connectivity index (χ1n) is 8.00. The van der Waals surface area contributed by atoms with Gasteiger partial charge in [0, 0.05) is 24.2 Å². The highest BCUT2D eigenvalue weighted by Gasteiger charge is 2.43. The van der Waals surface area contributed by atoms with Crippen LogP contribution in [0.1, 0.15) is 47.4 Å². The van der Waals surface area contributed by atoms with E-state index in [1.165, 1.54) is 18.2 Å². The van der Waals surface area contributed by atoms with E-state index in [2.05, 4.69) is 5.32 Å². The molecule has 1 heterocycles. The van der Waals surface area contributed by atoms with Crippen molar-refractivity contribution in [2.45, 2.75) is 43.7 Å². The van der Waals surface area contributed by atoms with E-state index in [0.29, 0.717) is 12.5 Å². The lowest BCUT2D eigenvalue weighted by Crippen LogP contribution is -2.38. The van der Waals surface area contributed by atoms with Crippen molar-refractivity contribution < 1.29 is 18.0 Å². The van der Waals surface area contributed by atoms with Crippen LogP contribution in [0.4, 0.5) is 0 Å². The standard InChI is InChI=1S/C16H21N3O4S.ClH/c1-9(2)19-16(21)12-6-5-11(7-14(12)24(19,22)23)15(20)18-8-13(17)10-3-4-10;/h5-7,9-10,13H,3-4,8,17H2,1-2H3,(H,18,20);1H. The highest BCUT2D eigenvalue weighted by atomic mass is 35.5. The van der Waals surface area contributed by atoms with E-state index in [1.54, 1.807) is 13.8 Å². The molecule has 1 unspecified atom stereocenters. The van der Waals surface area contributed by atoms with Gasteiger partial charge in [-0.25, -0.2) is 12.7 Å². The fourth-order valence-corrected chi connectivity index (χ4v) is 4.70. The van der Waals surface area contributed by atoms with E-state index in [0.717, 1.165) is 17.1 Å². The van der Waals surface area contributed by atoms with Crippen molar-refractivity contribution in [1.82, 2.24) is 9.62 Å². The summed E-state index contributed by atoms with van der Waals surface area (Å²) in [5.74, 6) is -0.481. The van der Waals surface area contributed by atoms with Crippen LogP contribution < -0.4 is 11.1 Å². The molecule has 1 fully saturated rings. The lowest BCUT2D eigenvalue weighted by molar-refractivity contribution is 0.0845. The minimum Gasteiger partial charge on any atom is -0.350 e. The van der Waals surface area contributed by atoms with Crippen LogP contribution in [0.5, 0.6) is 0 Å². The molecule has 1 atom stereocenters. The number of benzene rings is 1. The van der Waals surface area contributed by atoms with E-state index in [4.69, 9.17) is 5.73 Å². The molecule has 2 amide bonds. The molecule has 1 aromatic carbocycles. The molecular formula is C16H22ClN3O4S. The zero-order valence-electron chi connectivity index (χ0n) is 14.1. The Hall–Kier alpha value is -1.64. The van der Waals surface area contributed by atoms with E-state index in [1.807, 2.05) is 0 Å². The van der Waals surface area contributed by atoms with Gasteiger partial charge in [0.1, 0.15) is 4.90 Å². The molecule has 25 heavy (non-hydrogen) atoms. The number of nitrogens with two attached hydrogens (primary N) is 1. The Morgan fingerprint density at radius 2 is 2.00 bits per heavy atom. The molecule has 3 rings (SSSR count). The Kier molecular flexibility index (Phi) is 5.46. The molecule has 3 N–H and O–H groups in total. The van der Waals surface area contributed by atoms with Crippen LogP contribution in [0.2, 0.25) is 0 Å². The number of fused-ring (bicyclic) bond motifs is 1. The van der Waals surface area contributed by atoms with Gasteiger partial charge in [-0.3, -0.25) is 9.59 Å². The van der Waals surface area contributed by atoms with E-state index >= 15 is 0 Å². The number of halogens is 1. The molecule has 0 saturated heterocycles. The van der Waals surface area contributed by atoms with Crippen molar-refractivity contribution in [2.75, 3.05) is 6.54 Å². The smallest absolute Gasteiger partial charge is 0.269 e. The van der Waals surface area contributed by atoms with Crippen molar-refractivity contribution in [2.24, 2.45) is 11.7 Å². The first kappa shape index (κ1) is 19.7. The van der Waals surface area contributed by atoms with Gasteiger partial charge in [-0.15, -0.1) is 12.4 Å². The normalized spacial score (nSPS) is 19.4. The van der Waals surface area contributed by atoms with Gasteiger partial charge in [0.2, 0.25) is 0 Å². The number of nitrogens with one attached hydrogen (secondary N) is 1. The summed E-state index contributed by atoms with van der Waals surface area (Å²) in [5.41, 5.74) is 6.26. The first-order chi connectivity index (χ1) is 11.2. The van der Waals surface area contributed by atoms with E-state index < -0.39 is 22.0 Å². The quantitative estimate of drug-likeness (QED) is 0.786. The Bertz CT molecular complexity index is 806. The Morgan fingerprint density at radius 3 is 2.56 bits per heavy atom. The number of rotatable bonds is 5. The monoisotopic (exact) mass is 387 g/mol. The van der Waals surface area contributed by atoms with Crippen LogP contribution in [0, 0.1) is 5.92 Å². The van der Waals surface area contributed by atoms with E-state index in [9.17, 15) is 18.0 Å². The van der Waals surface area contributed by atoms with Crippen LogP contribution in [0.15, 0.2) is 23.1 Å². The van der Waals surface area contributed by atoms with Gasteiger partial charge in [0.15, 0.2) is 0 Å². The second-order valence-electron chi connectivity index (χ2n) is 6.62. The molecule has 7 nitrogen and oxygen atoms in total. The molecular weight excluding hydrogens is 366 g/mol. The third kappa shape index (κ3) is 3.51. The maximum atomic E-state index is 12.5. The molecule has 9 heteroatoms. The molecule has 138 valence electrons. The second-order valence-corrected chi connectivity index (χ2v) is 8.41. The number of nitrogens with zero attached hydrogens (tertiary/aromatic N) is 1. The number of amides is 2. The van der Waals surface area contributed by atoms with Crippen molar-refractivity contribution in [1.29, 1.82) is 0 Å². The Labute approximate surface area is 153 Å². The molecule has 0 bridgehead atoms. The van der Waals surface area contributed by atoms with Gasteiger partial charge in [0.25, 0.3) is 21.8 Å². The third-order valence-electron chi connectivity index (χ3n) is 4.41.